The number of halogens is 3. The number of carbonyl (C=O) groups excluding carboxylic acids is 2. The number of hydrogen-bond acceptors (Lipinski definition) is 4. The first-order valence-electron chi connectivity index (χ1n) is 7.32. The molecule has 1 aliphatic heterocycles. The molecule has 2 N–H and O–H groups in total. The molecule has 1 aromatic carbocycles. The Hall–Kier alpha value is -2.35. The van der Waals surface area contributed by atoms with Crippen LogP contribution in [0.2, 0.25) is 0 Å². The van der Waals surface area contributed by atoms with Crippen LogP contribution in [-0.2, 0) is 15.7 Å². The Balaban J connectivity index is 2.53. The summed E-state index contributed by atoms with van der Waals surface area (Å²) in [6.45, 7) is 3.23. The van der Waals surface area contributed by atoms with Crippen molar-refractivity contribution in [2.24, 2.45) is 11.7 Å². The van der Waals surface area contributed by atoms with Gasteiger partial charge in [-0.25, -0.2) is 9.69 Å². The lowest BCUT2D eigenvalue weighted by Crippen LogP contribution is -2.51. The molecule has 2 amide bonds. The molecule has 2 unspecified atom stereocenters. The number of rotatable bonds is 2. The van der Waals surface area contributed by atoms with Gasteiger partial charge in [0.1, 0.15) is 0 Å². The Morgan fingerprint density at radius 3 is 2.62 bits per heavy atom. The van der Waals surface area contributed by atoms with Gasteiger partial charge in [-0.05, 0) is 24.6 Å². The summed E-state index contributed by atoms with van der Waals surface area (Å²) in [6, 6.07) is 3.44. The third kappa shape index (κ3) is 3.43. The Morgan fingerprint density at radius 1 is 1.38 bits per heavy atom. The van der Waals surface area contributed by atoms with Gasteiger partial charge in [0.15, 0.2) is 0 Å². The molecule has 1 heterocycles. The molecule has 0 bridgehead atoms. The lowest BCUT2D eigenvalue weighted by Gasteiger charge is -2.32. The van der Waals surface area contributed by atoms with E-state index in [0.717, 1.165) is 12.1 Å². The molecule has 5 nitrogen and oxygen atoms in total. The summed E-state index contributed by atoms with van der Waals surface area (Å²) in [7, 11) is 0. The Morgan fingerprint density at radius 2 is 2.04 bits per heavy atom. The van der Waals surface area contributed by atoms with Crippen LogP contribution >= 0.6 is 0 Å². The summed E-state index contributed by atoms with van der Waals surface area (Å²) in [4.78, 5) is 25.1. The number of ether oxygens (including phenoxy) is 1. The molecule has 8 heteroatoms. The average molecular weight is 342 g/mol. The van der Waals surface area contributed by atoms with Gasteiger partial charge in [-0.3, -0.25) is 4.79 Å². The van der Waals surface area contributed by atoms with E-state index in [-0.39, 0.29) is 17.9 Å². The maximum Gasteiger partial charge on any atom is 0.421 e. The van der Waals surface area contributed by atoms with Crippen molar-refractivity contribution in [3.8, 4) is 0 Å². The summed E-state index contributed by atoms with van der Waals surface area (Å²) in [5.74, 6) is -1.15. The normalized spacial score (nSPS) is 21.5. The van der Waals surface area contributed by atoms with Crippen molar-refractivity contribution in [2.75, 3.05) is 6.61 Å². The molecule has 130 valence electrons. The Labute approximate surface area is 136 Å². The summed E-state index contributed by atoms with van der Waals surface area (Å²) < 4.78 is 43.6. The highest BCUT2D eigenvalue weighted by Gasteiger charge is 2.38. The number of nitrogens with two attached hydrogens (primary N) is 1. The summed E-state index contributed by atoms with van der Waals surface area (Å²) in [6.07, 6.45) is -4.00. The van der Waals surface area contributed by atoms with Gasteiger partial charge in [-0.1, -0.05) is 25.1 Å². The first kappa shape index (κ1) is 18.0. The maximum atomic E-state index is 12.9. The molecule has 2 rings (SSSR count). The number of imide groups is 1. The van der Waals surface area contributed by atoms with Crippen LogP contribution in [-0.4, -0.2) is 29.5 Å². The van der Waals surface area contributed by atoms with Crippen LogP contribution in [0, 0.1) is 5.92 Å². The van der Waals surface area contributed by atoms with Gasteiger partial charge >= 0.3 is 12.3 Å². The second kappa shape index (κ2) is 6.64. The van der Waals surface area contributed by atoms with Gasteiger partial charge in [0, 0.05) is 5.92 Å². The predicted molar refractivity (Wildman–Crippen MR) is 80.4 cm³/mol. The van der Waals surface area contributed by atoms with Crippen molar-refractivity contribution in [3.05, 3.63) is 41.5 Å². The summed E-state index contributed by atoms with van der Waals surface area (Å²) in [5, 5.41) is 0. The zero-order valence-electron chi connectivity index (χ0n) is 13.1. The fourth-order valence-corrected chi connectivity index (χ4v) is 2.38. The van der Waals surface area contributed by atoms with Crippen LogP contribution in [0.25, 0.3) is 5.70 Å². The fourth-order valence-electron chi connectivity index (χ4n) is 2.38. The topological polar surface area (TPSA) is 72.6 Å². The quantitative estimate of drug-likeness (QED) is 0.897. The number of alkyl halides is 3. The molecule has 0 saturated carbocycles. The highest BCUT2D eigenvalue weighted by molar-refractivity contribution is 6.05. The first-order valence-corrected chi connectivity index (χ1v) is 7.32. The van der Waals surface area contributed by atoms with Crippen molar-refractivity contribution < 1.29 is 27.5 Å². The molecule has 1 aromatic rings. The Bertz CT molecular complexity index is 685. The third-order valence-corrected chi connectivity index (χ3v) is 3.67. The number of benzene rings is 1. The highest BCUT2D eigenvalue weighted by atomic mass is 19.4. The van der Waals surface area contributed by atoms with E-state index in [9.17, 15) is 22.8 Å². The van der Waals surface area contributed by atoms with E-state index >= 15 is 0 Å². The lowest BCUT2D eigenvalue weighted by molar-refractivity contribution is -0.137. The first-order chi connectivity index (χ1) is 11.2. The second-order valence-corrected chi connectivity index (χ2v) is 5.39. The molecule has 0 aliphatic carbocycles. The molecule has 0 radical (unpaired) electrons. The van der Waals surface area contributed by atoms with Crippen LogP contribution in [0.3, 0.4) is 0 Å². The largest absolute Gasteiger partial charge is 0.449 e. The summed E-state index contributed by atoms with van der Waals surface area (Å²) >= 11 is 0. The minimum absolute atomic E-state index is 0.0171. The second-order valence-electron chi connectivity index (χ2n) is 5.39. The molecule has 2 atom stereocenters. The Kier molecular flexibility index (Phi) is 4.98. The maximum absolute atomic E-state index is 12.9. The molecule has 24 heavy (non-hydrogen) atoms. The number of amides is 2. The van der Waals surface area contributed by atoms with Crippen LogP contribution in [0.5, 0.6) is 0 Å². The number of carbonyl (C=O) groups is 2. The predicted octanol–water partition coefficient (Wildman–Crippen LogP) is 3.01. The molecule has 1 aliphatic rings. The van der Waals surface area contributed by atoms with Crippen LogP contribution < -0.4 is 5.73 Å². The monoisotopic (exact) mass is 342 g/mol. The van der Waals surface area contributed by atoms with Crippen molar-refractivity contribution >= 4 is 17.7 Å². The molecule has 0 fully saturated rings. The molecule has 0 saturated heterocycles. The van der Waals surface area contributed by atoms with E-state index in [2.05, 4.69) is 0 Å². The van der Waals surface area contributed by atoms with Crippen LogP contribution in [0.15, 0.2) is 30.3 Å². The third-order valence-electron chi connectivity index (χ3n) is 3.67. The average Bonchev–Trinajstić information content (AvgIpc) is 2.51. The van der Waals surface area contributed by atoms with E-state index < -0.39 is 35.7 Å². The minimum Gasteiger partial charge on any atom is -0.449 e. The van der Waals surface area contributed by atoms with E-state index in [1.807, 2.05) is 0 Å². The number of hydrogen-bond donors (Lipinski definition) is 1. The van der Waals surface area contributed by atoms with E-state index in [1.165, 1.54) is 18.2 Å². The summed E-state index contributed by atoms with van der Waals surface area (Å²) in [5.41, 5.74) is 5.02. The lowest BCUT2D eigenvalue weighted by atomic mass is 9.93. The van der Waals surface area contributed by atoms with E-state index in [1.54, 1.807) is 13.8 Å². The van der Waals surface area contributed by atoms with Gasteiger partial charge < -0.3 is 10.5 Å². The van der Waals surface area contributed by atoms with Gasteiger partial charge in [-0.15, -0.1) is 0 Å². The smallest absolute Gasteiger partial charge is 0.421 e. The van der Waals surface area contributed by atoms with Crippen LogP contribution in [0.1, 0.15) is 25.0 Å². The van der Waals surface area contributed by atoms with Crippen molar-refractivity contribution in [2.45, 2.75) is 26.1 Å². The van der Waals surface area contributed by atoms with Gasteiger partial charge in [0.05, 0.1) is 23.9 Å². The minimum atomic E-state index is -4.54. The van der Waals surface area contributed by atoms with E-state index in [4.69, 9.17) is 10.5 Å². The molecule has 0 spiro atoms. The zero-order chi connectivity index (χ0) is 18.1. The van der Waals surface area contributed by atoms with Crippen LogP contribution in [0.4, 0.5) is 18.0 Å². The standard InChI is InChI=1S/C16H17F3N2O3/c1-3-24-15(23)21-12(7-9(2)13(20)14(21)22)10-5-4-6-11(8-10)16(17,18)19/h4-9,13H,3,20H2,1-2H3. The van der Waals surface area contributed by atoms with Crippen molar-refractivity contribution in [1.82, 2.24) is 4.90 Å². The highest BCUT2D eigenvalue weighted by Crippen LogP contribution is 2.34. The van der Waals surface area contributed by atoms with E-state index in [0.29, 0.717) is 4.90 Å². The van der Waals surface area contributed by atoms with Gasteiger partial charge in [0.2, 0.25) is 0 Å². The van der Waals surface area contributed by atoms with Crippen molar-refractivity contribution in [3.63, 3.8) is 0 Å². The molecular weight excluding hydrogens is 325 g/mol. The van der Waals surface area contributed by atoms with Gasteiger partial charge in [-0.2, -0.15) is 13.2 Å². The zero-order valence-corrected chi connectivity index (χ0v) is 13.1. The molecular formula is C16H17F3N2O3. The van der Waals surface area contributed by atoms with Gasteiger partial charge in [0.25, 0.3) is 5.91 Å². The molecule has 0 aromatic heterocycles. The SMILES string of the molecule is CCOC(=O)N1C(=O)C(N)C(C)C=C1c1cccc(C(F)(F)F)c1. The number of nitrogens with zero attached hydrogens (tertiary/aromatic N) is 1. The van der Waals surface area contributed by atoms with Crippen molar-refractivity contribution in [1.29, 1.82) is 0 Å². The fraction of sp³-hybridized carbons (Fsp3) is 0.375.